The van der Waals surface area contributed by atoms with Crippen molar-refractivity contribution in [1.82, 2.24) is 14.9 Å². The van der Waals surface area contributed by atoms with Crippen molar-refractivity contribution >= 4 is 11.6 Å². The number of anilines is 2. The zero-order valence-electron chi connectivity index (χ0n) is 14.9. The van der Waals surface area contributed by atoms with Crippen molar-refractivity contribution in [2.75, 3.05) is 62.3 Å². The van der Waals surface area contributed by atoms with Gasteiger partial charge in [0.25, 0.3) is 0 Å². The van der Waals surface area contributed by atoms with E-state index >= 15 is 0 Å². The van der Waals surface area contributed by atoms with Crippen molar-refractivity contribution < 1.29 is 9.84 Å². The minimum atomic E-state index is 0.331. The SMILES string of the molecule is Oc1cccc(CN2CCN(c3cc(N4CCOCC4)ncn3)CC2)c1. The van der Waals surface area contributed by atoms with Crippen LogP contribution in [0.2, 0.25) is 0 Å². The molecule has 0 aliphatic carbocycles. The minimum absolute atomic E-state index is 0.331. The molecule has 0 atom stereocenters. The largest absolute Gasteiger partial charge is 0.508 e. The fourth-order valence-corrected chi connectivity index (χ4v) is 3.52. The van der Waals surface area contributed by atoms with Gasteiger partial charge in [0, 0.05) is 51.9 Å². The van der Waals surface area contributed by atoms with Crippen molar-refractivity contribution in [2.45, 2.75) is 6.54 Å². The lowest BCUT2D eigenvalue weighted by Gasteiger charge is -2.36. The average molecular weight is 355 g/mol. The summed E-state index contributed by atoms with van der Waals surface area (Å²) < 4.78 is 5.42. The Labute approximate surface area is 153 Å². The molecule has 1 aromatic carbocycles. The van der Waals surface area contributed by atoms with Gasteiger partial charge in [-0.3, -0.25) is 4.90 Å². The third kappa shape index (κ3) is 4.05. The van der Waals surface area contributed by atoms with Gasteiger partial charge in [-0.1, -0.05) is 12.1 Å². The zero-order chi connectivity index (χ0) is 17.8. The Kier molecular flexibility index (Phi) is 5.17. The highest BCUT2D eigenvalue weighted by Gasteiger charge is 2.20. The molecule has 0 unspecified atom stereocenters. The van der Waals surface area contributed by atoms with Crippen LogP contribution in [0.3, 0.4) is 0 Å². The monoisotopic (exact) mass is 355 g/mol. The predicted molar refractivity (Wildman–Crippen MR) is 101 cm³/mol. The van der Waals surface area contributed by atoms with Crippen molar-refractivity contribution in [3.8, 4) is 5.75 Å². The van der Waals surface area contributed by atoms with Crippen LogP contribution in [0, 0.1) is 0 Å². The van der Waals surface area contributed by atoms with Crippen LogP contribution >= 0.6 is 0 Å². The zero-order valence-corrected chi connectivity index (χ0v) is 14.9. The summed E-state index contributed by atoms with van der Waals surface area (Å²) in [6.07, 6.45) is 1.67. The van der Waals surface area contributed by atoms with E-state index in [4.69, 9.17) is 4.74 Å². The fraction of sp³-hybridized carbons (Fsp3) is 0.474. The van der Waals surface area contributed by atoms with Gasteiger partial charge < -0.3 is 19.6 Å². The number of benzene rings is 1. The number of aromatic nitrogens is 2. The molecule has 3 heterocycles. The number of phenolic OH excluding ortho intramolecular Hbond substituents is 1. The van der Waals surface area contributed by atoms with Crippen LogP contribution < -0.4 is 9.80 Å². The lowest BCUT2D eigenvalue weighted by atomic mass is 10.2. The maximum absolute atomic E-state index is 9.61. The molecule has 2 saturated heterocycles. The summed E-state index contributed by atoms with van der Waals surface area (Å²) >= 11 is 0. The molecule has 2 aliphatic rings. The molecule has 0 saturated carbocycles. The van der Waals surface area contributed by atoms with Gasteiger partial charge in [0.2, 0.25) is 0 Å². The van der Waals surface area contributed by atoms with Gasteiger partial charge in [0.15, 0.2) is 0 Å². The first-order chi connectivity index (χ1) is 12.8. The number of nitrogens with zero attached hydrogens (tertiary/aromatic N) is 5. The van der Waals surface area contributed by atoms with Crippen LogP contribution in [0.1, 0.15) is 5.56 Å². The molecule has 0 amide bonds. The van der Waals surface area contributed by atoms with E-state index in [0.717, 1.165) is 76.2 Å². The van der Waals surface area contributed by atoms with E-state index in [1.807, 2.05) is 12.1 Å². The van der Waals surface area contributed by atoms with Crippen molar-refractivity contribution in [2.24, 2.45) is 0 Å². The van der Waals surface area contributed by atoms with Gasteiger partial charge in [-0.25, -0.2) is 9.97 Å². The smallest absolute Gasteiger partial charge is 0.134 e. The summed E-state index contributed by atoms with van der Waals surface area (Å²) in [7, 11) is 0. The standard InChI is InChI=1S/C19H25N5O2/c25-17-3-1-2-16(12-17)14-22-4-6-23(7-5-22)18-13-19(21-15-20-18)24-8-10-26-11-9-24/h1-3,12-13,15,25H,4-11,14H2. The van der Waals surface area contributed by atoms with Gasteiger partial charge in [0.05, 0.1) is 13.2 Å². The summed E-state index contributed by atoms with van der Waals surface area (Å²) in [5, 5.41) is 9.61. The number of phenols is 1. The molecular formula is C19H25N5O2. The minimum Gasteiger partial charge on any atom is -0.508 e. The second-order valence-electron chi connectivity index (χ2n) is 6.77. The Balaban J connectivity index is 1.35. The quantitative estimate of drug-likeness (QED) is 0.888. The molecule has 7 heteroatoms. The molecule has 1 aromatic heterocycles. The van der Waals surface area contributed by atoms with Crippen LogP contribution in [-0.4, -0.2) is 72.5 Å². The molecule has 0 spiro atoms. The van der Waals surface area contributed by atoms with Gasteiger partial charge in [-0.15, -0.1) is 0 Å². The lowest BCUT2D eigenvalue weighted by molar-refractivity contribution is 0.122. The van der Waals surface area contributed by atoms with E-state index in [1.54, 1.807) is 12.4 Å². The Hall–Kier alpha value is -2.38. The van der Waals surface area contributed by atoms with Crippen LogP contribution in [0.4, 0.5) is 11.6 Å². The van der Waals surface area contributed by atoms with E-state index in [2.05, 4.69) is 36.8 Å². The number of piperazine rings is 1. The fourth-order valence-electron chi connectivity index (χ4n) is 3.52. The number of hydrogen-bond acceptors (Lipinski definition) is 7. The predicted octanol–water partition coefficient (Wildman–Crippen LogP) is 1.34. The molecule has 4 rings (SSSR count). The summed E-state index contributed by atoms with van der Waals surface area (Å²) in [6.45, 7) is 7.99. The first-order valence-corrected chi connectivity index (χ1v) is 9.18. The molecule has 1 N–H and O–H groups in total. The van der Waals surface area contributed by atoms with E-state index in [9.17, 15) is 5.11 Å². The van der Waals surface area contributed by atoms with Gasteiger partial charge in [-0.05, 0) is 17.7 Å². The molecular weight excluding hydrogens is 330 g/mol. The first kappa shape index (κ1) is 17.1. The van der Waals surface area contributed by atoms with Crippen LogP contribution in [0.5, 0.6) is 5.75 Å². The van der Waals surface area contributed by atoms with Crippen molar-refractivity contribution in [3.05, 3.63) is 42.2 Å². The number of aromatic hydroxyl groups is 1. The van der Waals surface area contributed by atoms with Crippen LogP contribution in [-0.2, 0) is 11.3 Å². The van der Waals surface area contributed by atoms with E-state index in [1.165, 1.54) is 0 Å². The third-order valence-electron chi connectivity index (χ3n) is 4.99. The second-order valence-corrected chi connectivity index (χ2v) is 6.77. The molecule has 138 valence electrons. The van der Waals surface area contributed by atoms with E-state index in [0.29, 0.717) is 5.75 Å². The summed E-state index contributed by atoms with van der Waals surface area (Å²) in [5.41, 5.74) is 1.15. The van der Waals surface area contributed by atoms with Gasteiger partial charge in [0.1, 0.15) is 23.7 Å². The molecule has 0 radical (unpaired) electrons. The normalized spacial score (nSPS) is 18.9. The first-order valence-electron chi connectivity index (χ1n) is 9.18. The number of morpholine rings is 1. The molecule has 2 aliphatic heterocycles. The summed E-state index contributed by atoms with van der Waals surface area (Å²) in [5.74, 6) is 2.32. The molecule has 2 aromatic rings. The average Bonchev–Trinajstić information content (AvgIpc) is 2.69. The Morgan fingerprint density at radius 3 is 2.27 bits per heavy atom. The van der Waals surface area contributed by atoms with Crippen molar-refractivity contribution in [3.63, 3.8) is 0 Å². The highest BCUT2D eigenvalue weighted by atomic mass is 16.5. The van der Waals surface area contributed by atoms with Gasteiger partial charge >= 0.3 is 0 Å². The highest BCUT2D eigenvalue weighted by molar-refractivity contribution is 5.50. The molecule has 0 bridgehead atoms. The van der Waals surface area contributed by atoms with Crippen LogP contribution in [0.15, 0.2) is 36.7 Å². The van der Waals surface area contributed by atoms with E-state index in [-0.39, 0.29) is 0 Å². The maximum Gasteiger partial charge on any atom is 0.134 e. The van der Waals surface area contributed by atoms with Gasteiger partial charge in [-0.2, -0.15) is 0 Å². The molecule has 7 nitrogen and oxygen atoms in total. The topological polar surface area (TPSA) is 65.0 Å². The maximum atomic E-state index is 9.61. The summed E-state index contributed by atoms with van der Waals surface area (Å²) in [4.78, 5) is 15.9. The Bertz CT molecular complexity index is 727. The molecule has 2 fully saturated rings. The number of ether oxygens (including phenoxy) is 1. The van der Waals surface area contributed by atoms with E-state index < -0.39 is 0 Å². The third-order valence-corrected chi connectivity index (χ3v) is 4.99. The second kappa shape index (κ2) is 7.88. The molecule has 26 heavy (non-hydrogen) atoms. The highest BCUT2D eigenvalue weighted by Crippen LogP contribution is 2.21. The Morgan fingerprint density at radius 1 is 0.885 bits per heavy atom. The lowest BCUT2D eigenvalue weighted by Crippen LogP contribution is -2.46. The number of rotatable bonds is 4. The summed E-state index contributed by atoms with van der Waals surface area (Å²) in [6, 6.07) is 9.60. The Morgan fingerprint density at radius 2 is 1.58 bits per heavy atom. The van der Waals surface area contributed by atoms with Crippen molar-refractivity contribution in [1.29, 1.82) is 0 Å². The number of hydrogen-bond donors (Lipinski definition) is 1. The van der Waals surface area contributed by atoms with Crippen LogP contribution in [0.25, 0.3) is 0 Å².